The van der Waals surface area contributed by atoms with Crippen LogP contribution in [-0.4, -0.2) is 44.1 Å². The monoisotopic (exact) mass is 403 g/mol. The van der Waals surface area contributed by atoms with Gasteiger partial charge in [-0.25, -0.2) is 14.8 Å². The van der Waals surface area contributed by atoms with Gasteiger partial charge in [-0.1, -0.05) is 0 Å². The Kier molecular flexibility index (Phi) is 4.34. The highest BCUT2D eigenvalue weighted by molar-refractivity contribution is 5.87. The molecule has 0 amide bonds. The normalized spacial score (nSPS) is 17.1. The van der Waals surface area contributed by atoms with Crippen molar-refractivity contribution in [3.8, 4) is 11.4 Å². The maximum absolute atomic E-state index is 12.7. The predicted molar refractivity (Wildman–Crippen MR) is 111 cm³/mol. The maximum Gasteiger partial charge on any atom is 0.337 e. The molecule has 0 saturated carbocycles. The van der Waals surface area contributed by atoms with E-state index in [-0.39, 0.29) is 16.5 Å². The van der Waals surface area contributed by atoms with Crippen molar-refractivity contribution >= 4 is 11.8 Å². The van der Waals surface area contributed by atoms with Crippen LogP contribution in [0.15, 0.2) is 47.7 Å². The topological polar surface area (TPSA) is 112 Å². The second-order valence-electron chi connectivity index (χ2n) is 7.96. The molecule has 0 unspecified atom stereocenters. The Morgan fingerprint density at radius 2 is 1.97 bits per heavy atom. The highest BCUT2D eigenvalue weighted by Gasteiger charge is 2.44. The SMILES string of the molecule is O=C(O)c1ccc(N2CCC3(CCc4c3nc(-c3cccnc3)[nH]c4=O)CC2)nc1. The molecule has 1 spiro atoms. The van der Waals surface area contributed by atoms with Gasteiger partial charge in [-0.3, -0.25) is 9.78 Å². The van der Waals surface area contributed by atoms with Crippen LogP contribution in [0.25, 0.3) is 11.4 Å². The minimum atomic E-state index is -0.977. The lowest BCUT2D eigenvalue weighted by molar-refractivity contribution is 0.0696. The van der Waals surface area contributed by atoms with E-state index < -0.39 is 5.97 Å². The van der Waals surface area contributed by atoms with Gasteiger partial charge < -0.3 is 15.0 Å². The van der Waals surface area contributed by atoms with Gasteiger partial charge in [-0.2, -0.15) is 0 Å². The molecule has 8 nitrogen and oxygen atoms in total. The van der Waals surface area contributed by atoms with E-state index in [1.807, 2.05) is 12.1 Å². The number of pyridine rings is 2. The summed E-state index contributed by atoms with van der Waals surface area (Å²) in [5.41, 5.74) is 2.57. The van der Waals surface area contributed by atoms with E-state index in [0.29, 0.717) is 5.82 Å². The summed E-state index contributed by atoms with van der Waals surface area (Å²) in [7, 11) is 0. The Morgan fingerprint density at radius 1 is 1.13 bits per heavy atom. The van der Waals surface area contributed by atoms with E-state index in [0.717, 1.165) is 61.4 Å². The Labute approximate surface area is 172 Å². The molecule has 3 aromatic heterocycles. The standard InChI is InChI=1S/C22H21N5O3/c28-20-16-5-6-22(18(16)25-19(26-20)14-2-1-9-23-12-14)7-10-27(11-8-22)17-4-3-15(13-24-17)21(29)30/h1-4,9,12-13H,5-8,10-11H2,(H,29,30)(H,25,26,28). The Morgan fingerprint density at radius 3 is 2.63 bits per heavy atom. The van der Waals surface area contributed by atoms with Crippen LogP contribution in [0.2, 0.25) is 0 Å². The van der Waals surface area contributed by atoms with E-state index in [1.54, 1.807) is 24.5 Å². The van der Waals surface area contributed by atoms with Crippen LogP contribution < -0.4 is 10.5 Å². The zero-order valence-electron chi connectivity index (χ0n) is 16.3. The number of aromatic amines is 1. The summed E-state index contributed by atoms with van der Waals surface area (Å²) in [5, 5.41) is 9.05. The molecule has 1 aliphatic heterocycles. The molecule has 1 saturated heterocycles. The zero-order valence-corrected chi connectivity index (χ0v) is 16.3. The zero-order chi connectivity index (χ0) is 20.7. The number of carbonyl (C=O) groups is 1. The number of nitrogens with zero attached hydrogens (tertiary/aromatic N) is 4. The number of hydrogen-bond acceptors (Lipinski definition) is 6. The van der Waals surface area contributed by atoms with Crippen molar-refractivity contribution in [3.05, 3.63) is 70.0 Å². The highest BCUT2D eigenvalue weighted by atomic mass is 16.4. The van der Waals surface area contributed by atoms with Crippen molar-refractivity contribution in [1.29, 1.82) is 0 Å². The van der Waals surface area contributed by atoms with E-state index in [9.17, 15) is 9.59 Å². The van der Waals surface area contributed by atoms with Gasteiger partial charge in [0.05, 0.1) is 11.3 Å². The maximum atomic E-state index is 12.7. The fraction of sp³-hybridized carbons (Fsp3) is 0.318. The van der Waals surface area contributed by atoms with E-state index in [4.69, 9.17) is 10.1 Å². The van der Waals surface area contributed by atoms with Crippen LogP contribution in [0.4, 0.5) is 5.82 Å². The largest absolute Gasteiger partial charge is 0.478 e. The number of carboxylic acid groups (broad SMARTS) is 1. The second kappa shape index (κ2) is 7.05. The molecule has 5 rings (SSSR count). The number of piperidine rings is 1. The van der Waals surface area contributed by atoms with Gasteiger partial charge in [0.2, 0.25) is 0 Å². The van der Waals surface area contributed by atoms with Gasteiger partial charge in [0, 0.05) is 48.2 Å². The number of anilines is 1. The van der Waals surface area contributed by atoms with E-state index in [1.165, 1.54) is 6.20 Å². The first-order chi connectivity index (χ1) is 14.6. The first kappa shape index (κ1) is 18.5. The first-order valence-electron chi connectivity index (χ1n) is 10.0. The van der Waals surface area contributed by atoms with Crippen molar-refractivity contribution in [1.82, 2.24) is 19.9 Å². The smallest absolute Gasteiger partial charge is 0.337 e. The Hall–Kier alpha value is -3.55. The Balaban J connectivity index is 1.41. The lowest BCUT2D eigenvalue weighted by Gasteiger charge is -2.40. The van der Waals surface area contributed by atoms with Crippen molar-refractivity contribution in [3.63, 3.8) is 0 Å². The van der Waals surface area contributed by atoms with E-state index >= 15 is 0 Å². The molecule has 2 N–H and O–H groups in total. The second-order valence-corrected chi connectivity index (χ2v) is 7.96. The minimum absolute atomic E-state index is 0.0518. The summed E-state index contributed by atoms with van der Waals surface area (Å²) in [5.74, 6) is 0.374. The molecule has 0 atom stereocenters. The average molecular weight is 403 g/mol. The molecular weight excluding hydrogens is 382 g/mol. The van der Waals surface area contributed by atoms with Crippen LogP contribution in [-0.2, 0) is 11.8 Å². The lowest BCUT2D eigenvalue weighted by atomic mass is 9.76. The van der Waals surface area contributed by atoms with Crippen LogP contribution in [0.1, 0.15) is 40.9 Å². The number of hydrogen-bond donors (Lipinski definition) is 2. The van der Waals surface area contributed by atoms with Crippen LogP contribution in [0.5, 0.6) is 0 Å². The third-order valence-electron chi connectivity index (χ3n) is 6.35. The summed E-state index contributed by atoms with van der Waals surface area (Å²) < 4.78 is 0. The number of H-pyrrole nitrogens is 1. The molecule has 0 aromatic carbocycles. The van der Waals surface area contributed by atoms with Crippen molar-refractivity contribution in [2.75, 3.05) is 18.0 Å². The number of rotatable bonds is 3. The predicted octanol–water partition coefficient (Wildman–Crippen LogP) is 2.41. The van der Waals surface area contributed by atoms with Crippen LogP contribution in [0, 0.1) is 0 Å². The van der Waals surface area contributed by atoms with Gasteiger partial charge in [0.15, 0.2) is 0 Å². The van der Waals surface area contributed by atoms with Gasteiger partial charge in [0.1, 0.15) is 11.6 Å². The molecule has 152 valence electrons. The third kappa shape index (κ3) is 3.04. The fourth-order valence-electron chi connectivity index (χ4n) is 4.64. The van der Waals surface area contributed by atoms with Crippen LogP contribution >= 0.6 is 0 Å². The molecule has 3 aromatic rings. The average Bonchev–Trinajstić information content (AvgIpc) is 3.13. The molecule has 1 fully saturated rings. The molecule has 0 radical (unpaired) electrons. The summed E-state index contributed by atoms with van der Waals surface area (Å²) in [6.45, 7) is 1.57. The number of fused-ring (bicyclic) bond motifs is 2. The number of carboxylic acids is 1. The first-order valence-corrected chi connectivity index (χ1v) is 10.0. The van der Waals surface area contributed by atoms with Gasteiger partial charge in [0.25, 0.3) is 5.56 Å². The molecule has 8 heteroatoms. The highest BCUT2D eigenvalue weighted by Crippen LogP contribution is 2.45. The van der Waals surface area contributed by atoms with Crippen LogP contribution in [0.3, 0.4) is 0 Å². The number of nitrogens with one attached hydrogen (secondary N) is 1. The molecule has 1 aliphatic carbocycles. The summed E-state index contributed by atoms with van der Waals surface area (Å²) in [6.07, 6.45) is 8.24. The van der Waals surface area contributed by atoms with Crippen molar-refractivity contribution < 1.29 is 9.90 Å². The van der Waals surface area contributed by atoms with E-state index in [2.05, 4.69) is 19.9 Å². The third-order valence-corrected chi connectivity index (χ3v) is 6.35. The summed E-state index contributed by atoms with van der Waals surface area (Å²) in [6, 6.07) is 7.07. The van der Waals surface area contributed by atoms with Gasteiger partial charge in [-0.05, 0) is 49.9 Å². The molecule has 30 heavy (non-hydrogen) atoms. The van der Waals surface area contributed by atoms with Crippen molar-refractivity contribution in [2.24, 2.45) is 0 Å². The quantitative estimate of drug-likeness (QED) is 0.691. The molecule has 4 heterocycles. The van der Waals surface area contributed by atoms with Gasteiger partial charge >= 0.3 is 5.97 Å². The fourth-order valence-corrected chi connectivity index (χ4v) is 4.64. The minimum Gasteiger partial charge on any atom is -0.478 e. The summed E-state index contributed by atoms with van der Waals surface area (Å²) in [4.78, 5) is 42.2. The molecule has 0 bridgehead atoms. The van der Waals surface area contributed by atoms with Crippen molar-refractivity contribution in [2.45, 2.75) is 31.1 Å². The summed E-state index contributed by atoms with van der Waals surface area (Å²) >= 11 is 0. The number of aromatic carboxylic acids is 1. The molecule has 2 aliphatic rings. The molecular formula is C22H21N5O3. The van der Waals surface area contributed by atoms with Gasteiger partial charge in [-0.15, -0.1) is 0 Å². The lowest BCUT2D eigenvalue weighted by Crippen LogP contribution is -2.42. The number of aromatic nitrogens is 4. The Bertz CT molecular complexity index is 1150.